The summed E-state index contributed by atoms with van der Waals surface area (Å²) in [4.78, 5) is 3.83. The van der Waals surface area contributed by atoms with E-state index in [2.05, 4.69) is 11.0 Å². The van der Waals surface area contributed by atoms with Crippen LogP contribution in [0.3, 0.4) is 0 Å². The number of rotatable bonds is 3. The molecule has 0 unspecified atom stereocenters. The molecule has 0 atom stereocenters. The first kappa shape index (κ1) is 13.6. The number of hydrogen-bond donors (Lipinski definition) is 2. The summed E-state index contributed by atoms with van der Waals surface area (Å²) in [5.74, 6) is 0. The molecule has 1 aromatic carbocycles. The van der Waals surface area contributed by atoms with Crippen molar-refractivity contribution in [3.05, 3.63) is 23.8 Å². The third kappa shape index (κ3) is 2.79. The summed E-state index contributed by atoms with van der Waals surface area (Å²) in [7, 11) is 0. The molecule has 3 N–H and O–H groups in total. The average Bonchev–Trinajstić information content (AvgIpc) is 2.38. The minimum Gasteiger partial charge on any atom is -0.393 e. The number of thiocarbonyl (C=S) groups is 1. The fourth-order valence-electron chi connectivity index (χ4n) is 2.31. The van der Waals surface area contributed by atoms with E-state index < -0.39 is 0 Å². The van der Waals surface area contributed by atoms with Crippen LogP contribution in [0.4, 0.5) is 5.69 Å². The van der Waals surface area contributed by atoms with Gasteiger partial charge in [0.15, 0.2) is 0 Å². The van der Waals surface area contributed by atoms with E-state index in [1.807, 2.05) is 18.4 Å². The molecular weight excluding hydrogens is 264 g/mol. The molecule has 0 amide bonds. The van der Waals surface area contributed by atoms with Crippen molar-refractivity contribution >= 4 is 34.7 Å². The molecule has 0 spiro atoms. The van der Waals surface area contributed by atoms with E-state index >= 15 is 0 Å². The largest absolute Gasteiger partial charge is 0.393 e. The van der Waals surface area contributed by atoms with Gasteiger partial charge in [0.05, 0.1) is 6.10 Å². The minimum absolute atomic E-state index is 0.168. The summed E-state index contributed by atoms with van der Waals surface area (Å²) in [6.45, 7) is 1.71. The smallest absolute Gasteiger partial charge is 0.107 e. The molecule has 1 saturated heterocycles. The van der Waals surface area contributed by atoms with Crippen molar-refractivity contribution in [1.82, 2.24) is 0 Å². The third-order valence-corrected chi connectivity index (χ3v) is 4.26. The SMILES string of the molecule is CSc1cccc(N2CCC(O)CC2)c1C(N)=S. The number of nitrogens with zero attached hydrogens (tertiary/aromatic N) is 1. The van der Waals surface area contributed by atoms with Crippen molar-refractivity contribution in [3.63, 3.8) is 0 Å². The molecule has 1 aliphatic heterocycles. The fourth-order valence-corrected chi connectivity index (χ4v) is 3.22. The molecule has 2 rings (SSSR count). The van der Waals surface area contributed by atoms with Crippen LogP contribution in [0.1, 0.15) is 18.4 Å². The predicted molar refractivity (Wildman–Crippen MR) is 81.6 cm³/mol. The van der Waals surface area contributed by atoms with Gasteiger partial charge in [0.2, 0.25) is 0 Å². The Balaban J connectivity index is 2.35. The van der Waals surface area contributed by atoms with Gasteiger partial charge in [0.25, 0.3) is 0 Å². The number of aliphatic hydroxyl groups is 1. The highest BCUT2D eigenvalue weighted by atomic mass is 32.2. The number of benzene rings is 1. The van der Waals surface area contributed by atoms with Crippen LogP contribution in [0.5, 0.6) is 0 Å². The number of anilines is 1. The maximum Gasteiger partial charge on any atom is 0.107 e. The maximum atomic E-state index is 9.57. The Morgan fingerprint density at radius 1 is 1.44 bits per heavy atom. The summed E-state index contributed by atoms with van der Waals surface area (Å²) in [5, 5.41) is 9.57. The molecule has 3 nitrogen and oxygen atoms in total. The van der Waals surface area contributed by atoms with Gasteiger partial charge in [0, 0.05) is 29.2 Å². The molecule has 0 bridgehead atoms. The Bertz CT molecular complexity index is 443. The molecule has 98 valence electrons. The minimum atomic E-state index is -0.168. The summed E-state index contributed by atoms with van der Waals surface area (Å²) in [6.07, 6.45) is 3.47. The zero-order valence-corrected chi connectivity index (χ0v) is 12.1. The van der Waals surface area contributed by atoms with Gasteiger partial charge in [-0.1, -0.05) is 18.3 Å². The van der Waals surface area contributed by atoms with E-state index in [1.54, 1.807) is 11.8 Å². The first-order valence-corrected chi connectivity index (χ1v) is 7.66. The van der Waals surface area contributed by atoms with Crippen molar-refractivity contribution in [2.24, 2.45) is 5.73 Å². The highest BCUT2D eigenvalue weighted by Gasteiger charge is 2.21. The lowest BCUT2D eigenvalue weighted by molar-refractivity contribution is 0.145. The molecule has 1 fully saturated rings. The van der Waals surface area contributed by atoms with Crippen LogP contribution in [-0.4, -0.2) is 35.5 Å². The molecule has 0 aliphatic carbocycles. The topological polar surface area (TPSA) is 49.5 Å². The second kappa shape index (κ2) is 5.91. The van der Waals surface area contributed by atoms with Gasteiger partial charge in [-0.3, -0.25) is 0 Å². The first-order chi connectivity index (χ1) is 8.63. The summed E-state index contributed by atoms with van der Waals surface area (Å²) < 4.78 is 0. The van der Waals surface area contributed by atoms with E-state index in [0.29, 0.717) is 4.99 Å². The van der Waals surface area contributed by atoms with Gasteiger partial charge in [-0.2, -0.15) is 0 Å². The van der Waals surface area contributed by atoms with Crippen LogP contribution < -0.4 is 10.6 Å². The van der Waals surface area contributed by atoms with Gasteiger partial charge in [-0.05, 0) is 31.2 Å². The molecule has 0 radical (unpaired) electrons. The molecule has 1 aromatic rings. The van der Waals surface area contributed by atoms with Crippen molar-refractivity contribution in [3.8, 4) is 0 Å². The van der Waals surface area contributed by atoms with E-state index in [0.717, 1.165) is 42.1 Å². The van der Waals surface area contributed by atoms with Crippen LogP contribution in [0, 0.1) is 0 Å². The van der Waals surface area contributed by atoms with Crippen LogP contribution in [0.2, 0.25) is 0 Å². The Hall–Kier alpha value is -0.780. The monoisotopic (exact) mass is 282 g/mol. The van der Waals surface area contributed by atoms with Crippen molar-refractivity contribution in [1.29, 1.82) is 0 Å². The first-order valence-electron chi connectivity index (χ1n) is 6.03. The van der Waals surface area contributed by atoms with E-state index in [1.165, 1.54) is 0 Å². The molecule has 18 heavy (non-hydrogen) atoms. The second-order valence-electron chi connectivity index (χ2n) is 4.44. The normalized spacial score (nSPS) is 16.9. The van der Waals surface area contributed by atoms with Gasteiger partial charge >= 0.3 is 0 Å². The maximum absolute atomic E-state index is 9.57. The Morgan fingerprint density at radius 3 is 2.67 bits per heavy atom. The van der Waals surface area contributed by atoms with Gasteiger partial charge in [-0.15, -0.1) is 11.8 Å². The Labute approximate surface area is 117 Å². The number of hydrogen-bond acceptors (Lipinski definition) is 4. The average molecular weight is 282 g/mol. The molecular formula is C13H18N2OS2. The quantitative estimate of drug-likeness (QED) is 0.656. The lowest BCUT2D eigenvalue weighted by atomic mass is 10.0. The molecule has 5 heteroatoms. The van der Waals surface area contributed by atoms with Crippen molar-refractivity contribution in [2.75, 3.05) is 24.2 Å². The zero-order chi connectivity index (χ0) is 13.1. The second-order valence-corrected chi connectivity index (χ2v) is 5.72. The lowest BCUT2D eigenvalue weighted by Gasteiger charge is -2.33. The number of thioether (sulfide) groups is 1. The number of aliphatic hydroxyl groups excluding tert-OH is 1. The molecule has 1 aliphatic rings. The highest BCUT2D eigenvalue weighted by Crippen LogP contribution is 2.31. The van der Waals surface area contributed by atoms with Crippen LogP contribution in [0.25, 0.3) is 0 Å². The van der Waals surface area contributed by atoms with Gasteiger partial charge in [-0.25, -0.2) is 0 Å². The Morgan fingerprint density at radius 2 is 2.11 bits per heavy atom. The predicted octanol–water partition coefficient (Wildman–Crippen LogP) is 2.00. The Kier molecular flexibility index (Phi) is 4.48. The number of piperidine rings is 1. The van der Waals surface area contributed by atoms with Gasteiger partial charge in [0.1, 0.15) is 4.99 Å². The summed E-state index contributed by atoms with van der Waals surface area (Å²) in [6, 6.07) is 6.14. The van der Waals surface area contributed by atoms with Gasteiger partial charge < -0.3 is 15.7 Å². The lowest BCUT2D eigenvalue weighted by Crippen LogP contribution is -2.37. The zero-order valence-electron chi connectivity index (χ0n) is 10.4. The number of nitrogens with two attached hydrogens (primary N) is 1. The summed E-state index contributed by atoms with van der Waals surface area (Å²) >= 11 is 6.84. The van der Waals surface area contributed by atoms with Crippen LogP contribution in [-0.2, 0) is 0 Å². The highest BCUT2D eigenvalue weighted by molar-refractivity contribution is 7.98. The molecule has 0 aromatic heterocycles. The molecule has 0 saturated carbocycles. The van der Waals surface area contributed by atoms with Crippen LogP contribution in [0.15, 0.2) is 23.1 Å². The van der Waals surface area contributed by atoms with Crippen molar-refractivity contribution in [2.45, 2.75) is 23.8 Å². The van der Waals surface area contributed by atoms with E-state index in [4.69, 9.17) is 18.0 Å². The summed E-state index contributed by atoms with van der Waals surface area (Å²) in [5.41, 5.74) is 7.93. The van der Waals surface area contributed by atoms with Crippen LogP contribution >= 0.6 is 24.0 Å². The fraction of sp³-hybridized carbons (Fsp3) is 0.462. The van der Waals surface area contributed by atoms with E-state index in [9.17, 15) is 5.11 Å². The third-order valence-electron chi connectivity index (χ3n) is 3.28. The standard InChI is InChI=1S/C13H18N2OS2/c1-18-11-4-2-3-10(12(11)13(14)17)15-7-5-9(16)6-8-15/h2-4,9,16H,5-8H2,1H3,(H2,14,17). The van der Waals surface area contributed by atoms with E-state index in [-0.39, 0.29) is 6.10 Å². The van der Waals surface area contributed by atoms with Crippen molar-refractivity contribution < 1.29 is 5.11 Å². The molecule has 1 heterocycles.